The van der Waals surface area contributed by atoms with Crippen LogP contribution in [-0.4, -0.2) is 51.7 Å². The van der Waals surface area contributed by atoms with Gasteiger partial charge < -0.3 is 4.90 Å². The normalized spacial score (nSPS) is 14.4. The zero-order chi connectivity index (χ0) is 23.3. The van der Waals surface area contributed by atoms with Crippen molar-refractivity contribution >= 4 is 17.2 Å². The van der Waals surface area contributed by atoms with Crippen LogP contribution < -0.4 is 5.56 Å². The smallest absolute Gasteiger partial charge is 0.267 e. The van der Waals surface area contributed by atoms with Crippen molar-refractivity contribution in [3.05, 3.63) is 112 Å². The lowest BCUT2D eigenvalue weighted by Gasteiger charge is -2.39. The van der Waals surface area contributed by atoms with Gasteiger partial charge in [0.05, 0.1) is 10.9 Å². The Morgan fingerprint density at radius 3 is 2.06 bits per heavy atom. The third-order valence-electron chi connectivity index (χ3n) is 6.19. The minimum absolute atomic E-state index is 0.0428. The molecule has 0 saturated carbocycles. The Labute approximate surface area is 202 Å². The Bertz CT molecular complexity index is 1240. The molecule has 1 amide bonds. The van der Waals surface area contributed by atoms with Gasteiger partial charge in [-0.3, -0.25) is 14.5 Å². The maximum atomic E-state index is 13.0. The number of carbonyl (C=O) groups is 1. The van der Waals surface area contributed by atoms with Gasteiger partial charge in [0.15, 0.2) is 0 Å². The number of amides is 1. The van der Waals surface area contributed by atoms with Gasteiger partial charge in [-0.25, -0.2) is 4.68 Å². The summed E-state index contributed by atoms with van der Waals surface area (Å²) in [5.41, 5.74) is 2.94. The van der Waals surface area contributed by atoms with Crippen LogP contribution in [0.4, 0.5) is 0 Å². The van der Waals surface area contributed by atoms with Gasteiger partial charge in [-0.1, -0.05) is 66.7 Å². The van der Waals surface area contributed by atoms with Gasteiger partial charge in [0.25, 0.3) is 5.56 Å². The Balaban J connectivity index is 1.28. The van der Waals surface area contributed by atoms with Crippen molar-refractivity contribution in [1.29, 1.82) is 0 Å². The molecule has 0 N–H and O–H groups in total. The standard InChI is InChI=1S/C27H26N4O2S/c32-25-14-13-23(24-12-7-19-34-24)28-31(25)20-26(33)29-15-17-30(18-16-29)27(21-8-3-1-4-9-21)22-10-5-2-6-11-22/h1-14,19,27H,15-18,20H2. The minimum Gasteiger partial charge on any atom is -0.339 e. The number of benzene rings is 2. The molecule has 6 nitrogen and oxygen atoms in total. The SMILES string of the molecule is O=C(Cn1nc(-c2cccs2)ccc1=O)N1CCN(C(c2ccccc2)c2ccccc2)CC1. The first-order valence-electron chi connectivity index (χ1n) is 11.4. The Morgan fingerprint density at radius 1 is 0.824 bits per heavy atom. The number of thiophene rings is 1. The largest absolute Gasteiger partial charge is 0.339 e. The molecule has 0 unspecified atom stereocenters. The molecule has 0 spiro atoms. The van der Waals surface area contributed by atoms with Gasteiger partial charge in [-0.15, -0.1) is 11.3 Å². The lowest BCUT2D eigenvalue weighted by molar-refractivity contribution is -0.134. The molecule has 0 atom stereocenters. The second kappa shape index (κ2) is 10.2. The summed E-state index contributed by atoms with van der Waals surface area (Å²) < 4.78 is 1.28. The van der Waals surface area contributed by atoms with Crippen LogP contribution in [0.25, 0.3) is 10.6 Å². The third kappa shape index (κ3) is 4.85. The summed E-state index contributed by atoms with van der Waals surface area (Å²) in [5.74, 6) is -0.0754. The van der Waals surface area contributed by atoms with Gasteiger partial charge in [0, 0.05) is 32.2 Å². The van der Waals surface area contributed by atoms with Crippen molar-refractivity contribution in [1.82, 2.24) is 19.6 Å². The van der Waals surface area contributed by atoms with Gasteiger partial charge in [-0.05, 0) is 28.6 Å². The van der Waals surface area contributed by atoms with E-state index in [4.69, 9.17) is 0 Å². The van der Waals surface area contributed by atoms with Crippen molar-refractivity contribution in [3.63, 3.8) is 0 Å². The topological polar surface area (TPSA) is 58.4 Å². The quantitative estimate of drug-likeness (QED) is 0.429. The predicted octanol–water partition coefficient (Wildman–Crippen LogP) is 3.91. The zero-order valence-corrected chi connectivity index (χ0v) is 19.6. The van der Waals surface area contributed by atoms with Gasteiger partial charge in [-0.2, -0.15) is 5.10 Å². The Hall–Kier alpha value is -3.55. The number of hydrogen-bond donors (Lipinski definition) is 0. The second-order valence-electron chi connectivity index (χ2n) is 8.33. The Kier molecular flexibility index (Phi) is 6.65. The molecule has 172 valence electrons. The molecular formula is C27H26N4O2S. The number of rotatable bonds is 6. The van der Waals surface area contributed by atoms with Crippen molar-refractivity contribution in [2.24, 2.45) is 0 Å². The van der Waals surface area contributed by atoms with E-state index in [0.717, 1.165) is 18.0 Å². The van der Waals surface area contributed by atoms with Crippen LogP contribution in [-0.2, 0) is 11.3 Å². The van der Waals surface area contributed by atoms with Crippen molar-refractivity contribution in [3.8, 4) is 10.6 Å². The number of aromatic nitrogens is 2. The number of carbonyl (C=O) groups excluding carboxylic acids is 1. The average molecular weight is 471 g/mol. The van der Waals surface area contributed by atoms with Crippen LogP contribution in [0.5, 0.6) is 0 Å². The molecule has 7 heteroatoms. The van der Waals surface area contributed by atoms with E-state index in [0.29, 0.717) is 18.8 Å². The van der Waals surface area contributed by atoms with Crippen molar-refractivity contribution in [2.75, 3.05) is 26.2 Å². The van der Waals surface area contributed by atoms with Crippen LogP contribution >= 0.6 is 11.3 Å². The molecule has 34 heavy (non-hydrogen) atoms. The third-order valence-corrected chi connectivity index (χ3v) is 7.08. The summed E-state index contributed by atoms with van der Waals surface area (Å²) in [4.78, 5) is 30.6. The maximum absolute atomic E-state index is 13.0. The molecule has 5 rings (SSSR count). The average Bonchev–Trinajstić information content (AvgIpc) is 3.42. The van der Waals surface area contributed by atoms with Crippen molar-refractivity contribution < 1.29 is 4.79 Å². The van der Waals surface area contributed by atoms with E-state index in [1.165, 1.54) is 21.9 Å². The molecule has 2 aromatic carbocycles. The summed E-state index contributed by atoms with van der Waals surface area (Å²) in [6.07, 6.45) is 0. The summed E-state index contributed by atoms with van der Waals surface area (Å²) in [5, 5.41) is 6.40. The molecule has 1 aliphatic heterocycles. The predicted molar refractivity (Wildman–Crippen MR) is 135 cm³/mol. The highest BCUT2D eigenvalue weighted by Crippen LogP contribution is 2.29. The fourth-order valence-electron chi connectivity index (χ4n) is 4.46. The van der Waals surface area contributed by atoms with Crippen LogP contribution in [0.15, 0.2) is 95.1 Å². The highest BCUT2D eigenvalue weighted by Gasteiger charge is 2.28. The molecule has 1 aliphatic rings. The molecule has 0 bridgehead atoms. The van der Waals surface area contributed by atoms with E-state index in [9.17, 15) is 9.59 Å². The lowest BCUT2D eigenvalue weighted by Crippen LogP contribution is -2.51. The lowest BCUT2D eigenvalue weighted by atomic mass is 9.96. The van der Waals surface area contributed by atoms with Gasteiger partial charge in [0.2, 0.25) is 5.91 Å². The van der Waals surface area contributed by atoms with Gasteiger partial charge >= 0.3 is 0 Å². The van der Waals surface area contributed by atoms with E-state index in [-0.39, 0.29) is 24.1 Å². The van der Waals surface area contributed by atoms with E-state index in [1.54, 1.807) is 17.4 Å². The first kappa shape index (κ1) is 22.3. The van der Waals surface area contributed by atoms with Crippen molar-refractivity contribution in [2.45, 2.75) is 12.6 Å². The summed E-state index contributed by atoms with van der Waals surface area (Å²) in [7, 11) is 0. The number of nitrogens with zero attached hydrogens (tertiary/aromatic N) is 4. The number of piperazine rings is 1. The number of hydrogen-bond acceptors (Lipinski definition) is 5. The fraction of sp³-hybridized carbons (Fsp3) is 0.222. The monoisotopic (exact) mass is 470 g/mol. The van der Waals surface area contributed by atoms with Gasteiger partial charge in [0.1, 0.15) is 12.2 Å². The van der Waals surface area contributed by atoms with Crippen LogP contribution in [0.2, 0.25) is 0 Å². The summed E-state index contributed by atoms with van der Waals surface area (Å²) in [6.45, 7) is 2.72. The molecular weight excluding hydrogens is 444 g/mol. The van der Waals surface area contributed by atoms with E-state index < -0.39 is 0 Å². The highest BCUT2D eigenvalue weighted by atomic mass is 32.1. The van der Waals surface area contributed by atoms with Crippen LogP contribution in [0.1, 0.15) is 17.2 Å². The summed E-state index contributed by atoms with van der Waals surface area (Å²) in [6, 6.07) is 28.2. The van der Waals surface area contributed by atoms with E-state index in [1.807, 2.05) is 34.5 Å². The molecule has 0 radical (unpaired) electrons. The van der Waals surface area contributed by atoms with E-state index >= 15 is 0 Å². The molecule has 4 aromatic rings. The minimum atomic E-state index is -0.263. The Morgan fingerprint density at radius 2 is 1.47 bits per heavy atom. The first-order valence-corrected chi connectivity index (χ1v) is 12.3. The van der Waals surface area contributed by atoms with E-state index in [2.05, 4.69) is 58.5 Å². The molecule has 3 heterocycles. The fourth-order valence-corrected chi connectivity index (χ4v) is 5.15. The van der Waals surface area contributed by atoms with Crippen LogP contribution in [0.3, 0.4) is 0 Å². The second-order valence-corrected chi connectivity index (χ2v) is 9.28. The maximum Gasteiger partial charge on any atom is 0.267 e. The highest BCUT2D eigenvalue weighted by molar-refractivity contribution is 7.13. The van der Waals surface area contributed by atoms with Crippen LogP contribution in [0, 0.1) is 0 Å². The molecule has 1 fully saturated rings. The first-order chi connectivity index (χ1) is 16.7. The molecule has 1 saturated heterocycles. The summed E-state index contributed by atoms with van der Waals surface area (Å²) >= 11 is 1.56. The molecule has 2 aromatic heterocycles. The zero-order valence-electron chi connectivity index (χ0n) is 18.8. The molecule has 0 aliphatic carbocycles.